The third-order valence-electron chi connectivity index (χ3n) is 3.58. The number of alkyl halides is 1. The van der Waals surface area contributed by atoms with Crippen LogP contribution in [-0.4, -0.2) is 23.4 Å². The molecule has 1 nitrogen and oxygen atoms in total. The van der Waals surface area contributed by atoms with Crippen molar-refractivity contribution >= 4 is 11.6 Å². The molecule has 1 unspecified atom stereocenters. The van der Waals surface area contributed by atoms with E-state index in [0.717, 1.165) is 38.3 Å². The van der Waals surface area contributed by atoms with Crippen LogP contribution in [0.15, 0.2) is 18.2 Å². The van der Waals surface area contributed by atoms with Gasteiger partial charge >= 0.3 is 0 Å². The molecule has 0 amide bonds. The Bertz CT molecular complexity index is 397. The van der Waals surface area contributed by atoms with Crippen LogP contribution < -0.4 is 0 Å². The number of hydrogen-bond acceptors (Lipinski definition) is 1. The number of hydrogen-bond donors (Lipinski definition) is 0. The number of nitrogens with zero attached hydrogens (tertiary/aromatic N) is 1. The summed E-state index contributed by atoms with van der Waals surface area (Å²) in [4.78, 5) is 2.24. The first-order valence-corrected chi connectivity index (χ1v) is 6.98. The predicted molar refractivity (Wildman–Crippen MR) is 69.7 cm³/mol. The van der Waals surface area contributed by atoms with E-state index in [4.69, 9.17) is 11.6 Å². The van der Waals surface area contributed by atoms with Crippen LogP contribution >= 0.6 is 11.6 Å². The third-order valence-corrected chi connectivity index (χ3v) is 3.84. The van der Waals surface area contributed by atoms with E-state index in [-0.39, 0.29) is 0 Å². The van der Waals surface area contributed by atoms with Gasteiger partial charge in [-0.3, -0.25) is 4.90 Å². The Hall–Kier alpha value is -0.670. The van der Waals surface area contributed by atoms with Crippen molar-refractivity contribution in [1.29, 1.82) is 0 Å². The summed E-state index contributed by atoms with van der Waals surface area (Å²) in [5.74, 6) is -0.803. The molecule has 4 heteroatoms. The molecule has 0 N–H and O–H groups in total. The van der Waals surface area contributed by atoms with Gasteiger partial charge in [-0.05, 0) is 38.3 Å². The summed E-state index contributed by atoms with van der Waals surface area (Å²) in [6, 6.07) is 4.85. The standard InChI is InChI=1S/C14H18ClF2N/c15-8-2-5-12-6-3-9-18(12)10-11-4-1-7-13(16)14(11)17/h1,4,7,12H,2-3,5-6,8-10H2. The van der Waals surface area contributed by atoms with Gasteiger partial charge in [-0.1, -0.05) is 12.1 Å². The number of likely N-dealkylation sites (tertiary alicyclic amines) is 1. The predicted octanol–water partition coefficient (Wildman–Crippen LogP) is 3.95. The van der Waals surface area contributed by atoms with Crippen LogP contribution in [0.3, 0.4) is 0 Å². The van der Waals surface area contributed by atoms with Gasteiger partial charge in [-0.25, -0.2) is 8.78 Å². The zero-order valence-corrected chi connectivity index (χ0v) is 11.1. The Balaban J connectivity index is 2.01. The van der Waals surface area contributed by atoms with Gasteiger partial charge in [0.15, 0.2) is 11.6 Å². The van der Waals surface area contributed by atoms with Crippen LogP contribution in [0.2, 0.25) is 0 Å². The maximum absolute atomic E-state index is 13.6. The highest BCUT2D eigenvalue weighted by Gasteiger charge is 2.25. The summed E-state index contributed by atoms with van der Waals surface area (Å²) < 4.78 is 26.8. The average Bonchev–Trinajstić information content (AvgIpc) is 2.80. The molecular weight excluding hydrogens is 256 g/mol. The molecule has 2 rings (SSSR count). The van der Waals surface area contributed by atoms with Crippen LogP contribution in [0.25, 0.3) is 0 Å². The summed E-state index contributed by atoms with van der Waals surface area (Å²) in [6.07, 6.45) is 4.28. The van der Waals surface area contributed by atoms with Gasteiger partial charge in [0, 0.05) is 24.0 Å². The SMILES string of the molecule is Fc1cccc(CN2CCCC2CCCCl)c1F. The molecule has 1 aromatic carbocycles. The van der Waals surface area contributed by atoms with Crippen molar-refractivity contribution in [3.63, 3.8) is 0 Å². The molecule has 0 bridgehead atoms. The second kappa shape index (κ2) is 6.48. The number of halogens is 3. The normalized spacial score (nSPS) is 20.5. The monoisotopic (exact) mass is 273 g/mol. The molecule has 1 aliphatic heterocycles. The Labute approximate surface area is 112 Å². The first-order chi connectivity index (χ1) is 8.72. The lowest BCUT2D eigenvalue weighted by Crippen LogP contribution is -2.29. The van der Waals surface area contributed by atoms with Gasteiger partial charge in [-0.2, -0.15) is 0 Å². The van der Waals surface area contributed by atoms with Crippen molar-refractivity contribution in [2.75, 3.05) is 12.4 Å². The Morgan fingerprint density at radius 1 is 1.33 bits per heavy atom. The van der Waals surface area contributed by atoms with Crippen LogP contribution in [0, 0.1) is 11.6 Å². The van der Waals surface area contributed by atoms with Crippen molar-refractivity contribution in [3.05, 3.63) is 35.4 Å². The summed E-state index contributed by atoms with van der Waals surface area (Å²) >= 11 is 5.71. The minimum atomic E-state index is -0.760. The summed E-state index contributed by atoms with van der Waals surface area (Å²) in [5.41, 5.74) is 0.452. The van der Waals surface area contributed by atoms with E-state index >= 15 is 0 Å². The highest BCUT2D eigenvalue weighted by molar-refractivity contribution is 6.17. The highest BCUT2D eigenvalue weighted by atomic mass is 35.5. The lowest BCUT2D eigenvalue weighted by Gasteiger charge is -2.24. The fourth-order valence-corrected chi connectivity index (χ4v) is 2.79. The van der Waals surface area contributed by atoms with E-state index in [1.54, 1.807) is 12.1 Å². The van der Waals surface area contributed by atoms with Crippen molar-refractivity contribution in [2.45, 2.75) is 38.3 Å². The van der Waals surface area contributed by atoms with Crippen molar-refractivity contribution in [1.82, 2.24) is 4.90 Å². The van der Waals surface area contributed by atoms with E-state index in [9.17, 15) is 8.78 Å². The summed E-state index contributed by atoms with van der Waals surface area (Å²) in [6.45, 7) is 1.46. The first kappa shape index (κ1) is 13.8. The molecule has 1 atom stereocenters. The maximum Gasteiger partial charge on any atom is 0.163 e. The second-order valence-corrected chi connectivity index (χ2v) is 5.19. The van der Waals surface area contributed by atoms with E-state index < -0.39 is 11.6 Å². The average molecular weight is 274 g/mol. The minimum absolute atomic E-state index is 0.452. The highest BCUT2D eigenvalue weighted by Crippen LogP contribution is 2.25. The molecule has 1 saturated heterocycles. The molecule has 1 fully saturated rings. The van der Waals surface area contributed by atoms with Gasteiger partial charge in [0.2, 0.25) is 0 Å². The van der Waals surface area contributed by atoms with Gasteiger partial charge in [0.05, 0.1) is 0 Å². The van der Waals surface area contributed by atoms with Crippen LogP contribution in [-0.2, 0) is 6.54 Å². The summed E-state index contributed by atoms with van der Waals surface area (Å²) in [7, 11) is 0. The largest absolute Gasteiger partial charge is 0.296 e. The van der Waals surface area contributed by atoms with Gasteiger partial charge in [0.1, 0.15) is 0 Å². The van der Waals surface area contributed by atoms with Crippen molar-refractivity contribution in [3.8, 4) is 0 Å². The topological polar surface area (TPSA) is 3.24 Å². The first-order valence-electron chi connectivity index (χ1n) is 6.45. The van der Waals surface area contributed by atoms with E-state index in [0.29, 0.717) is 24.0 Å². The number of rotatable bonds is 5. The molecule has 18 heavy (non-hydrogen) atoms. The molecule has 0 aromatic heterocycles. The molecule has 1 heterocycles. The molecule has 1 aliphatic rings. The van der Waals surface area contributed by atoms with E-state index in [1.165, 1.54) is 0 Å². The third kappa shape index (κ3) is 3.21. The Morgan fingerprint density at radius 3 is 2.94 bits per heavy atom. The quantitative estimate of drug-likeness (QED) is 0.735. The van der Waals surface area contributed by atoms with E-state index in [1.807, 2.05) is 0 Å². The van der Waals surface area contributed by atoms with Gasteiger partial charge in [-0.15, -0.1) is 11.6 Å². The van der Waals surface area contributed by atoms with Gasteiger partial charge in [0.25, 0.3) is 0 Å². The fraction of sp³-hybridized carbons (Fsp3) is 0.571. The maximum atomic E-state index is 13.6. The Kier molecular flexibility index (Phi) is 4.95. The molecule has 0 spiro atoms. The zero-order chi connectivity index (χ0) is 13.0. The second-order valence-electron chi connectivity index (χ2n) is 4.81. The molecule has 100 valence electrons. The lowest BCUT2D eigenvalue weighted by molar-refractivity contribution is 0.230. The van der Waals surface area contributed by atoms with Crippen LogP contribution in [0.5, 0.6) is 0 Å². The summed E-state index contributed by atoms with van der Waals surface area (Å²) in [5, 5.41) is 0. The van der Waals surface area contributed by atoms with Crippen LogP contribution in [0.4, 0.5) is 8.78 Å². The van der Waals surface area contributed by atoms with Crippen molar-refractivity contribution < 1.29 is 8.78 Å². The molecule has 0 aliphatic carbocycles. The smallest absolute Gasteiger partial charge is 0.163 e. The zero-order valence-electron chi connectivity index (χ0n) is 10.3. The molecule has 1 aromatic rings. The van der Waals surface area contributed by atoms with Gasteiger partial charge < -0.3 is 0 Å². The number of benzene rings is 1. The molecule has 0 radical (unpaired) electrons. The fourth-order valence-electron chi connectivity index (χ4n) is 2.63. The molecular formula is C14H18ClF2N. The Morgan fingerprint density at radius 2 is 2.17 bits per heavy atom. The van der Waals surface area contributed by atoms with Crippen LogP contribution in [0.1, 0.15) is 31.2 Å². The minimum Gasteiger partial charge on any atom is -0.296 e. The van der Waals surface area contributed by atoms with E-state index in [2.05, 4.69) is 4.90 Å². The molecule has 0 saturated carbocycles. The van der Waals surface area contributed by atoms with Crippen molar-refractivity contribution in [2.24, 2.45) is 0 Å². The lowest BCUT2D eigenvalue weighted by atomic mass is 10.1.